The molecule has 0 fully saturated rings. The van der Waals surface area contributed by atoms with Crippen molar-refractivity contribution in [3.05, 3.63) is 77.3 Å². The summed E-state index contributed by atoms with van der Waals surface area (Å²) in [7, 11) is 0. The van der Waals surface area contributed by atoms with E-state index in [-0.39, 0.29) is 12.2 Å². The molecule has 0 atom stereocenters. The molecule has 0 saturated carbocycles. The maximum Gasteiger partial charge on any atom is 0.344 e. The minimum absolute atomic E-state index is 0.0279. The van der Waals surface area contributed by atoms with Crippen LogP contribution in [-0.2, 0) is 11.2 Å². The molecule has 2 aromatic carbocycles. The van der Waals surface area contributed by atoms with Crippen LogP contribution >= 0.6 is 0 Å². The standard InChI is InChI=1S/C19H15F3O3/c1-12(10-13-2-4-14(5-3-13)11-17(23)24)15-6-8-16(9-7-15)25-19(22)18(20)21/h2-10H,11H2,1H3,(H,23,24). The summed E-state index contributed by atoms with van der Waals surface area (Å²) in [6.45, 7) is 1.86. The molecule has 0 aliphatic heterocycles. The smallest absolute Gasteiger partial charge is 0.344 e. The number of carbonyl (C=O) groups is 1. The van der Waals surface area contributed by atoms with Gasteiger partial charge < -0.3 is 9.84 Å². The SMILES string of the molecule is CC(=Cc1ccc(CC(=O)O)cc1)c1ccc(OC(F)=C(F)F)cc1. The second kappa shape index (κ2) is 8.19. The quantitative estimate of drug-likeness (QED) is 0.570. The highest BCUT2D eigenvalue weighted by Crippen LogP contribution is 2.23. The summed E-state index contributed by atoms with van der Waals surface area (Å²) in [6.07, 6.45) is -0.650. The Labute approximate surface area is 142 Å². The van der Waals surface area contributed by atoms with Crippen LogP contribution < -0.4 is 4.74 Å². The van der Waals surface area contributed by atoms with Gasteiger partial charge in [-0.2, -0.15) is 13.2 Å². The number of allylic oxidation sites excluding steroid dienone is 1. The van der Waals surface area contributed by atoms with E-state index in [1.54, 1.807) is 24.3 Å². The lowest BCUT2D eigenvalue weighted by Crippen LogP contribution is -1.99. The zero-order valence-electron chi connectivity index (χ0n) is 13.3. The average Bonchev–Trinajstić information content (AvgIpc) is 2.56. The van der Waals surface area contributed by atoms with Crippen LogP contribution in [0.3, 0.4) is 0 Å². The van der Waals surface area contributed by atoms with Crippen molar-refractivity contribution < 1.29 is 27.8 Å². The summed E-state index contributed by atoms with van der Waals surface area (Å²) in [6, 6.07) is 11.2. The van der Waals surface area contributed by atoms with Crippen molar-refractivity contribution in [2.45, 2.75) is 13.3 Å². The summed E-state index contributed by atoms with van der Waals surface area (Å²) < 4.78 is 41.1. The molecule has 0 unspecified atom stereocenters. The molecule has 0 radical (unpaired) electrons. The topological polar surface area (TPSA) is 46.5 Å². The molecule has 2 aromatic rings. The van der Waals surface area contributed by atoms with Gasteiger partial charge in [0, 0.05) is 0 Å². The van der Waals surface area contributed by atoms with Crippen LogP contribution in [0.4, 0.5) is 13.2 Å². The zero-order valence-corrected chi connectivity index (χ0v) is 13.3. The van der Waals surface area contributed by atoms with Gasteiger partial charge in [0.05, 0.1) is 6.42 Å². The van der Waals surface area contributed by atoms with Crippen LogP contribution in [0.2, 0.25) is 0 Å². The fourth-order valence-corrected chi connectivity index (χ4v) is 2.17. The summed E-state index contributed by atoms with van der Waals surface area (Å²) in [5.41, 5.74) is 3.30. The maximum atomic E-state index is 12.7. The minimum Gasteiger partial charge on any atom is -0.481 e. The Morgan fingerprint density at radius 2 is 1.64 bits per heavy atom. The number of carboxylic acids is 1. The molecule has 0 saturated heterocycles. The van der Waals surface area contributed by atoms with E-state index in [2.05, 4.69) is 4.74 Å². The van der Waals surface area contributed by atoms with E-state index in [9.17, 15) is 18.0 Å². The lowest BCUT2D eigenvalue weighted by atomic mass is 10.0. The molecule has 0 aliphatic carbocycles. The van der Waals surface area contributed by atoms with Crippen molar-refractivity contribution in [2.24, 2.45) is 0 Å². The Kier molecular flexibility index (Phi) is 6.00. The molecule has 0 amide bonds. The number of rotatable bonds is 6. The number of carboxylic acid groups (broad SMARTS) is 1. The Balaban J connectivity index is 2.11. The molecule has 25 heavy (non-hydrogen) atoms. The van der Waals surface area contributed by atoms with E-state index in [1.807, 2.05) is 25.1 Å². The predicted molar refractivity (Wildman–Crippen MR) is 88.7 cm³/mol. The average molecular weight is 348 g/mol. The molecule has 1 N–H and O–H groups in total. The normalized spacial score (nSPS) is 11.1. The van der Waals surface area contributed by atoms with Gasteiger partial charge in [0.25, 0.3) is 0 Å². The molecule has 2 rings (SSSR count). The molecule has 6 heteroatoms. The Hall–Kier alpha value is -3.02. The molecule has 130 valence electrons. The Morgan fingerprint density at radius 3 is 2.16 bits per heavy atom. The highest BCUT2D eigenvalue weighted by Gasteiger charge is 2.08. The van der Waals surface area contributed by atoms with E-state index in [4.69, 9.17) is 5.11 Å². The Bertz CT molecular complexity index is 803. The van der Waals surface area contributed by atoms with Gasteiger partial charge in [-0.1, -0.05) is 42.5 Å². The zero-order chi connectivity index (χ0) is 18.4. The predicted octanol–water partition coefficient (Wildman–Crippen LogP) is 5.29. The number of halogens is 3. The first-order valence-corrected chi connectivity index (χ1v) is 7.33. The van der Waals surface area contributed by atoms with Crippen molar-refractivity contribution in [1.29, 1.82) is 0 Å². The van der Waals surface area contributed by atoms with Crippen molar-refractivity contribution in [1.82, 2.24) is 0 Å². The van der Waals surface area contributed by atoms with Crippen molar-refractivity contribution in [3.63, 3.8) is 0 Å². The van der Waals surface area contributed by atoms with Crippen molar-refractivity contribution in [3.8, 4) is 5.75 Å². The molecular weight excluding hydrogens is 333 g/mol. The lowest BCUT2D eigenvalue weighted by Gasteiger charge is -2.06. The number of benzene rings is 2. The molecular formula is C19H15F3O3. The highest BCUT2D eigenvalue weighted by atomic mass is 19.3. The molecule has 0 heterocycles. The van der Waals surface area contributed by atoms with E-state index >= 15 is 0 Å². The number of hydrogen-bond donors (Lipinski definition) is 1. The van der Waals surface area contributed by atoms with E-state index in [0.29, 0.717) is 5.56 Å². The van der Waals surface area contributed by atoms with Gasteiger partial charge in [-0.3, -0.25) is 4.79 Å². The van der Waals surface area contributed by atoms with Gasteiger partial charge >= 0.3 is 18.1 Å². The van der Waals surface area contributed by atoms with E-state index < -0.39 is 18.1 Å². The van der Waals surface area contributed by atoms with Crippen LogP contribution in [0.25, 0.3) is 11.6 Å². The largest absolute Gasteiger partial charge is 0.481 e. The summed E-state index contributed by atoms with van der Waals surface area (Å²) in [4.78, 5) is 10.7. The second-order valence-corrected chi connectivity index (χ2v) is 5.30. The fraction of sp³-hybridized carbons (Fsp3) is 0.105. The molecule has 0 aromatic heterocycles. The monoisotopic (exact) mass is 348 g/mol. The first-order chi connectivity index (χ1) is 11.8. The third kappa shape index (κ3) is 5.53. The maximum absolute atomic E-state index is 12.7. The van der Waals surface area contributed by atoms with Gasteiger partial charge in [0.2, 0.25) is 0 Å². The van der Waals surface area contributed by atoms with Gasteiger partial charge in [0.15, 0.2) is 0 Å². The van der Waals surface area contributed by atoms with Gasteiger partial charge in [-0.25, -0.2) is 0 Å². The van der Waals surface area contributed by atoms with E-state index in [1.165, 1.54) is 12.1 Å². The Morgan fingerprint density at radius 1 is 1.04 bits per heavy atom. The van der Waals surface area contributed by atoms with Gasteiger partial charge in [0.1, 0.15) is 5.75 Å². The second-order valence-electron chi connectivity index (χ2n) is 5.30. The molecule has 3 nitrogen and oxygen atoms in total. The first kappa shape index (κ1) is 18.3. The lowest BCUT2D eigenvalue weighted by molar-refractivity contribution is -0.136. The summed E-state index contributed by atoms with van der Waals surface area (Å²) in [5.74, 6) is -0.916. The van der Waals surface area contributed by atoms with Gasteiger partial charge in [-0.05, 0) is 41.3 Å². The number of aliphatic carboxylic acids is 1. The molecule has 0 bridgehead atoms. The molecule has 0 spiro atoms. The van der Waals surface area contributed by atoms with E-state index in [0.717, 1.165) is 16.7 Å². The van der Waals surface area contributed by atoms with Crippen LogP contribution in [0.1, 0.15) is 23.6 Å². The summed E-state index contributed by atoms with van der Waals surface area (Å²) >= 11 is 0. The number of hydrogen-bond acceptors (Lipinski definition) is 2. The summed E-state index contributed by atoms with van der Waals surface area (Å²) in [5, 5.41) is 8.75. The van der Waals surface area contributed by atoms with Crippen molar-refractivity contribution >= 4 is 17.6 Å². The first-order valence-electron chi connectivity index (χ1n) is 7.33. The van der Waals surface area contributed by atoms with Crippen LogP contribution in [0.15, 0.2) is 60.6 Å². The van der Waals surface area contributed by atoms with Crippen molar-refractivity contribution in [2.75, 3.05) is 0 Å². The van der Waals surface area contributed by atoms with Crippen LogP contribution in [-0.4, -0.2) is 11.1 Å². The molecule has 0 aliphatic rings. The highest BCUT2D eigenvalue weighted by molar-refractivity contribution is 5.80. The van der Waals surface area contributed by atoms with Gasteiger partial charge in [-0.15, -0.1) is 0 Å². The minimum atomic E-state index is -2.51. The van der Waals surface area contributed by atoms with Crippen LogP contribution in [0, 0.1) is 0 Å². The van der Waals surface area contributed by atoms with Crippen LogP contribution in [0.5, 0.6) is 5.75 Å². The third-order valence-corrected chi connectivity index (χ3v) is 3.38. The third-order valence-electron chi connectivity index (χ3n) is 3.38. The number of ether oxygens (including phenoxy) is 1. The fourth-order valence-electron chi connectivity index (χ4n) is 2.17.